The molecule has 4 heteroatoms. The predicted molar refractivity (Wildman–Crippen MR) is 84.3 cm³/mol. The molecule has 1 unspecified atom stereocenters. The topological polar surface area (TPSA) is 26.0 Å². The van der Waals surface area contributed by atoms with Crippen LogP contribution in [-0.2, 0) is 0 Å². The third-order valence-electron chi connectivity index (χ3n) is 3.15. The summed E-state index contributed by atoms with van der Waals surface area (Å²) >= 11 is 13.7. The Bertz CT molecular complexity index is 736. The van der Waals surface area contributed by atoms with E-state index >= 15 is 0 Å². The molecule has 3 aromatic rings. The molecule has 0 saturated heterocycles. The molecule has 0 aliphatic carbocycles. The third-order valence-corrected chi connectivity index (χ3v) is 4.87. The van der Waals surface area contributed by atoms with Gasteiger partial charge in [-0.1, -0.05) is 47.5 Å². The maximum Gasteiger partial charge on any atom is 0.0595 e. The van der Waals surface area contributed by atoms with Crippen LogP contribution in [-0.4, -0.2) is 0 Å². The van der Waals surface area contributed by atoms with Crippen molar-refractivity contribution < 1.29 is 0 Å². The van der Waals surface area contributed by atoms with Crippen LogP contribution in [0.2, 0.25) is 10.0 Å². The highest BCUT2D eigenvalue weighted by molar-refractivity contribution is 7.17. The van der Waals surface area contributed by atoms with Gasteiger partial charge in [-0.25, -0.2) is 0 Å². The first-order valence-corrected chi connectivity index (χ1v) is 7.47. The van der Waals surface area contributed by atoms with Crippen molar-refractivity contribution in [3.63, 3.8) is 0 Å². The number of thiophene rings is 1. The molecule has 2 aromatic carbocycles. The van der Waals surface area contributed by atoms with Crippen LogP contribution in [0.4, 0.5) is 0 Å². The molecule has 3 rings (SSSR count). The summed E-state index contributed by atoms with van der Waals surface area (Å²) in [6.07, 6.45) is 0. The van der Waals surface area contributed by atoms with Crippen molar-refractivity contribution in [2.24, 2.45) is 5.73 Å². The molecule has 19 heavy (non-hydrogen) atoms. The number of benzene rings is 2. The van der Waals surface area contributed by atoms with Crippen molar-refractivity contribution in [2.45, 2.75) is 6.04 Å². The molecule has 1 nitrogen and oxygen atoms in total. The third kappa shape index (κ3) is 2.37. The zero-order valence-electron chi connectivity index (χ0n) is 9.94. The van der Waals surface area contributed by atoms with Crippen LogP contribution < -0.4 is 5.73 Å². The molecular weight excluding hydrogens is 297 g/mol. The molecule has 1 aromatic heterocycles. The quantitative estimate of drug-likeness (QED) is 0.687. The molecule has 2 N–H and O–H groups in total. The van der Waals surface area contributed by atoms with Crippen LogP contribution in [0.3, 0.4) is 0 Å². The van der Waals surface area contributed by atoms with Gasteiger partial charge in [0.15, 0.2) is 0 Å². The molecule has 0 bridgehead atoms. The van der Waals surface area contributed by atoms with Gasteiger partial charge in [-0.15, -0.1) is 11.3 Å². The van der Waals surface area contributed by atoms with Gasteiger partial charge >= 0.3 is 0 Å². The minimum atomic E-state index is -0.189. The molecule has 0 radical (unpaired) electrons. The Morgan fingerprint density at radius 3 is 2.58 bits per heavy atom. The van der Waals surface area contributed by atoms with E-state index in [0.29, 0.717) is 10.0 Å². The van der Waals surface area contributed by atoms with Gasteiger partial charge in [0.1, 0.15) is 0 Å². The second kappa shape index (κ2) is 5.14. The van der Waals surface area contributed by atoms with E-state index in [9.17, 15) is 0 Å². The average Bonchev–Trinajstić information content (AvgIpc) is 2.85. The maximum absolute atomic E-state index is 6.35. The van der Waals surface area contributed by atoms with Crippen molar-refractivity contribution in [2.75, 3.05) is 0 Å². The highest BCUT2D eigenvalue weighted by Crippen LogP contribution is 2.34. The van der Waals surface area contributed by atoms with Crippen LogP contribution >= 0.6 is 34.5 Å². The average molecular weight is 308 g/mol. The highest BCUT2D eigenvalue weighted by Gasteiger charge is 2.14. The lowest BCUT2D eigenvalue weighted by molar-refractivity contribution is 0.885. The molecular formula is C15H11Cl2NS. The van der Waals surface area contributed by atoms with Crippen LogP contribution in [0, 0.1) is 0 Å². The van der Waals surface area contributed by atoms with Gasteiger partial charge in [-0.2, -0.15) is 0 Å². The van der Waals surface area contributed by atoms with Gasteiger partial charge in [-0.3, -0.25) is 0 Å². The molecule has 96 valence electrons. The molecule has 0 spiro atoms. The van der Waals surface area contributed by atoms with Crippen molar-refractivity contribution in [1.29, 1.82) is 0 Å². The standard InChI is InChI=1S/C15H11Cl2NS/c16-12-6-5-9(7-13(12)17)15(18)11-8-19-14-4-2-1-3-10(11)14/h1-8,15H,18H2. The van der Waals surface area contributed by atoms with Gasteiger partial charge in [0.2, 0.25) is 0 Å². The Labute approximate surface area is 125 Å². The molecule has 0 amide bonds. The van der Waals surface area contributed by atoms with E-state index in [2.05, 4.69) is 17.5 Å². The van der Waals surface area contributed by atoms with Crippen LogP contribution in [0.1, 0.15) is 17.2 Å². The highest BCUT2D eigenvalue weighted by atomic mass is 35.5. The largest absolute Gasteiger partial charge is 0.320 e. The molecule has 0 fully saturated rings. The number of fused-ring (bicyclic) bond motifs is 1. The Hall–Kier alpha value is -1.06. The number of rotatable bonds is 2. The Kier molecular flexibility index (Phi) is 3.50. The summed E-state index contributed by atoms with van der Waals surface area (Å²) in [5.74, 6) is 0. The first-order valence-electron chi connectivity index (χ1n) is 5.83. The van der Waals surface area contributed by atoms with E-state index in [4.69, 9.17) is 28.9 Å². The normalized spacial score (nSPS) is 12.8. The monoisotopic (exact) mass is 307 g/mol. The van der Waals surface area contributed by atoms with E-state index < -0.39 is 0 Å². The molecule has 0 aliphatic heterocycles. The fourth-order valence-electron chi connectivity index (χ4n) is 2.12. The van der Waals surface area contributed by atoms with E-state index in [0.717, 1.165) is 11.1 Å². The number of hydrogen-bond acceptors (Lipinski definition) is 2. The van der Waals surface area contributed by atoms with Crippen LogP contribution in [0.5, 0.6) is 0 Å². The summed E-state index contributed by atoms with van der Waals surface area (Å²) in [6, 6.07) is 13.6. The minimum Gasteiger partial charge on any atom is -0.320 e. The Balaban J connectivity index is 2.08. The lowest BCUT2D eigenvalue weighted by Crippen LogP contribution is -2.11. The summed E-state index contributed by atoms with van der Waals surface area (Å²) in [6.45, 7) is 0. The zero-order chi connectivity index (χ0) is 13.4. The van der Waals surface area contributed by atoms with E-state index in [-0.39, 0.29) is 6.04 Å². The maximum atomic E-state index is 6.35. The smallest absolute Gasteiger partial charge is 0.0595 e. The summed E-state index contributed by atoms with van der Waals surface area (Å²) in [7, 11) is 0. The molecule has 1 atom stereocenters. The van der Waals surface area contributed by atoms with Crippen LogP contribution in [0.25, 0.3) is 10.1 Å². The van der Waals surface area contributed by atoms with Gasteiger partial charge in [0, 0.05) is 4.70 Å². The zero-order valence-corrected chi connectivity index (χ0v) is 12.3. The molecule has 1 heterocycles. The van der Waals surface area contributed by atoms with Gasteiger partial charge in [0.05, 0.1) is 16.1 Å². The van der Waals surface area contributed by atoms with E-state index in [1.807, 2.05) is 24.3 Å². The second-order valence-corrected chi connectivity index (χ2v) is 6.06. The van der Waals surface area contributed by atoms with Crippen molar-refractivity contribution in [3.05, 3.63) is 69.0 Å². The Morgan fingerprint density at radius 1 is 1.00 bits per heavy atom. The van der Waals surface area contributed by atoms with Crippen molar-refractivity contribution >= 4 is 44.6 Å². The summed E-state index contributed by atoms with van der Waals surface area (Å²) in [4.78, 5) is 0. The molecule has 0 aliphatic rings. The first-order chi connectivity index (χ1) is 9.16. The molecule has 0 saturated carbocycles. The fourth-order valence-corrected chi connectivity index (χ4v) is 3.43. The van der Waals surface area contributed by atoms with E-state index in [1.54, 1.807) is 17.4 Å². The summed E-state index contributed by atoms with van der Waals surface area (Å²) < 4.78 is 1.24. The summed E-state index contributed by atoms with van der Waals surface area (Å²) in [5, 5.41) is 4.39. The van der Waals surface area contributed by atoms with Gasteiger partial charge < -0.3 is 5.73 Å². The number of hydrogen-bond donors (Lipinski definition) is 1. The lowest BCUT2D eigenvalue weighted by Gasteiger charge is -2.12. The summed E-state index contributed by atoms with van der Waals surface area (Å²) in [5.41, 5.74) is 8.45. The Morgan fingerprint density at radius 2 is 1.79 bits per heavy atom. The lowest BCUT2D eigenvalue weighted by atomic mass is 9.99. The van der Waals surface area contributed by atoms with Crippen LogP contribution in [0.15, 0.2) is 47.8 Å². The number of halogens is 2. The second-order valence-electron chi connectivity index (χ2n) is 4.34. The van der Waals surface area contributed by atoms with Crippen molar-refractivity contribution in [1.82, 2.24) is 0 Å². The SMILES string of the molecule is NC(c1ccc(Cl)c(Cl)c1)c1csc2ccccc12. The van der Waals surface area contributed by atoms with Gasteiger partial charge in [-0.05, 0) is 40.1 Å². The minimum absolute atomic E-state index is 0.189. The van der Waals surface area contributed by atoms with E-state index in [1.165, 1.54) is 10.1 Å². The fraction of sp³-hybridized carbons (Fsp3) is 0.0667. The predicted octanol–water partition coefficient (Wildman–Crippen LogP) is 5.26. The number of nitrogens with two attached hydrogens (primary N) is 1. The first kappa shape index (κ1) is 12.9. The van der Waals surface area contributed by atoms with Gasteiger partial charge in [0.25, 0.3) is 0 Å². The van der Waals surface area contributed by atoms with Crippen molar-refractivity contribution in [3.8, 4) is 0 Å².